The molecule has 1 aromatic heterocycles. The number of rotatable bonds is 4. The zero-order valence-corrected chi connectivity index (χ0v) is 13.1. The Kier molecular flexibility index (Phi) is 4.29. The highest BCUT2D eigenvalue weighted by Gasteiger charge is 2.15. The van der Waals surface area contributed by atoms with Gasteiger partial charge in [0.25, 0.3) is 0 Å². The fourth-order valence-corrected chi connectivity index (χ4v) is 2.33. The summed E-state index contributed by atoms with van der Waals surface area (Å²) in [6, 6.07) is 11.2. The van der Waals surface area contributed by atoms with Crippen LogP contribution in [0.1, 0.15) is 43.6 Å². The standard InChI is InChI=1S/C17H25N3/c1-13-10-11-20(19-13)12-16(18-5)14-6-8-15(9-7-14)17(2,3)4/h6-11,16,18H,12H2,1-5H3. The van der Waals surface area contributed by atoms with E-state index in [9.17, 15) is 0 Å². The van der Waals surface area contributed by atoms with E-state index in [4.69, 9.17) is 0 Å². The first-order valence-corrected chi connectivity index (χ1v) is 7.18. The maximum absolute atomic E-state index is 4.46. The maximum atomic E-state index is 4.46. The number of nitrogens with one attached hydrogen (secondary N) is 1. The van der Waals surface area contributed by atoms with Crippen LogP contribution in [0, 0.1) is 6.92 Å². The lowest BCUT2D eigenvalue weighted by molar-refractivity contribution is 0.466. The molecule has 0 radical (unpaired) electrons. The van der Waals surface area contributed by atoms with Gasteiger partial charge in [0.15, 0.2) is 0 Å². The van der Waals surface area contributed by atoms with Crippen molar-refractivity contribution in [1.29, 1.82) is 0 Å². The molecule has 0 aliphatic heterocycles. The smallest absolute Gasteiger partial charge is 0.0604 e. The van der Waals surface area contributed by atoms with Gasteiger partial charge < -0.3 is 5.32 Å². The van der Waals surface area contributed by atoms with E-state index in [-0.39, 0.29) is 11.5 Å². The minimum absolute atomic E-state index is 0.201. The molecule has 0 saturated carbocycles. The van der Waals surface area contributed by atoms with Gasteiger partial charge in [-0.1, -0.05) is 45.0 Å². The van der Waals surface area contributed by atoms with Crippen molar-refractivity contribution in [1.82, 2.24) is 15.1 Å². The van der Waals surface area contributed by atoms with Crippen LogP contribution in [0.5, 0.6) is 0 Å². The zero-order valence-electron chi connectivity index (χ0n) is 13.1. The summed E-state index contributed by atoms with van der Waals surface area (Å²) in [4.78, 5) is 0. The number of hydrogen-bond acceptors (Lipinski definition) is 2. The van der Waals surface area contributed by atoms with E-state index in [2.05, 4.69) is 55.5 Å². The van der Waals surface area contributed by atoms with Crippen LogP contribution >= 0.6 is 0 Å². The fraction of sp³-hybridized carbons (Fsp3) is 0.471. The van der Waals surface area contributed by atoms with Gasteiger partial charge in [-0.25, -0.2) is 0 Å². The molecule has 3 nitrogen and oxygen atoms in total. The van der Waals surface area contributed by atoms with Gasteiger partial charge in [-0.05, 0) is 36.6 Å². The molecule has 2 rings (SSSR count). The van der Waals surface area contributed by atoms with E-state index < -0.39 is 0 Å². The summed E-state index contributed by atoms with van der Waals surface area (Å²) >= 11 is 0. The maximum Gasteiger partial charge on any atom is 0.0604 e. The monoisotopic (exact) mass is 271 g/mol. The molecule has 1 unspecified atom stereocenters. The van der Waals surface area contributed by atoms with Crippen LogP contribution < -0.4 is 5.32 Å². The molecule has 1 heterocycles. The lowest BCUT2D eigenvalue weighted by atomic mass is 9.86. The Morgan fingerprint density at radius 3 is 2.25 bits per heavy atom. The van der Waals surface area contributed by atoms with Crippen molar-refractivity contribution in [3.8, 4) is 0 Å². The van der Waals surface area contributed by atoms with Crippen LogP contribution in [0.2, 0.25) is 0 Å². The summed E-state index contributed by atoms with van der Waals surface area (Å²) in [5.41, 5.74) is 3.93. The molecule has 0 aliphatic rings. The van der Waals surface area contributed by atoms with Crippen LogP contribution in [-0.4, -0.2) is 16.8 Å². The van der Waals surface area contributed by atoms with Crippen LogP contribution in [0.25, 0.3) is 0 Å². The minimum Gasteiger partial charge on any atom is -0.311 e. The van der Waals surface area contributed by atoms with Gasteiger partial charge in [0, 0.05) is 6.20 Å². The summed E-state index contributed by atoms with van der Waals surface area (Å²) in [6.07, 6.45) is 2.03. The van der Waals surface area contributed by atoms with Crippen LogP contribution in [-0.2, 0) is 12.0 Å². The molecule has 3 heteroatoms. The van der Waals surface area contributed by atoms with Crippen LogP contribution in [0.3, 0.4) is 0 Å². The summed E-state index contributed by atoms with van der Waals surface area (Å²) in [5, 5.41) is 7.83. The number of hydrogen-bond donors (Lipinski definition) is 1. The molecule has 0 bridgehead atoms. The molecule has 0 saturated heterocycles. The minimum atomic E-state index is 0.201. The van der Waals surface area contributed by atoms with Crippen LogP contribution in [0.15, 0.2) is 36.5 Å². The van der Waals surface area contributed by atoms with Gasteiger partial charge in [0.2, 0.25) is 0 Å². The third-order valence-electron chi connectivity index (χ3n) is 3.67. The summed E-state index contributed by atoms with van der Waals surface area (Å²) < 4.78 is 1.99. The molecule has 0 fully saturated rings. The Labute approximate surface area is 122 Å². The number of aromatic nitrogens is 2. The average Bonchev–Trinajstić information content (AvgIpc) is 2.81. The molecule has 0 aliphatic carbocycles. The van der Waals surface area contributed by atoms with E-state index in [1.54, 1.807) is 0 Å². The third kappa shape index (κ3) is 3.48. The molecule has 108 valence electrons. The van der Waals surface area contributed by atoms with Gasteiger partial charge in [-0.3, -0.25) is 4.68 Å². The Morgan fingerprint density at radius 2 is 1.80 bits per heavy atom. The van der Waals surface area contributed by atoms with Gasteiger partial charge in [0.1, 0.15) is 0 Å². The molecule has 20 heavy (non-hydrogen) atoms. The SMILES string of the molecule is CNC(Cn1ccc(C)n1)c1ccc(C(C)(C)C)cc1. The van der Waals surface area contributed by atoms with Crippen molar-refractivity contribution in [3.63, 3.8) is 0 Å². The molecule has 1 atom stereocenters. The number of benzene rings is 1. The predicted octanol–water partition coefficient (Wildman–Crippen LogP) is 3.45. The molecular formula is C17H25N3. The summed E-state index contributed by atoms with van der Waals surface area (Å²) in [5.74, 6) is 0. The predicted molar refractivity (Wildman–Crippen MR) is 83.9 cm³/mol. The van der Waals surface area contributed by atoms with Gasteiger partial charge >= 0.3 is 0 Å². The summed E-state index contributed by atoms with van der Waals surface area (Å²) in [6.45, 7) is 9.58. The second kappa shape index (κ2) is 5.80. The highest BCUT2D eigenvalue weighted by Crippen LogP contribution is 2.24. The quantitative estimate of drug-likeness (QED) is 0.923. The van der Waals surface area contributed by atoms with E-state index in [1.807, 2.05) is 30.9 Å². The van der Waals surface area contributed by atoms with Gasteiger partial charge in [-0.15, -0.1) is 0 Å². The van der Waals surface area contributed by atoms with E-state index in [0.717, 1.165) is 12.2 Å². The first kappa shape index (κ1) is 14.8. The molecule has 2 aromatic rings. The van der Waals surface area contributed by atoms with E-state index in [1.165, 1.54) is 11.1 Å². The fourth-order valence-electron chi connectivity index (χ4n) is 2.33. The molecule has 0 amide bonds. The Hall–Kier alpha value is -1.61. The highest BCUT2D eigenvalue weighted by atomic mass is 15.3. The Morgan fingerprint density at radius 1 is 1.15 bits per heavy atom. The second-order valence-corrected chi connectivity index (χ2v) is 6.39. The van der Waals surface area contributed by atoms with Crippen molar-refractivity contribution in [2.24, 2.45) is 0 Å². The Balaban J connectivity index is 2.15. The van der Waals surface area contributed by atoms with E-state index >= 15 is 0 Å². The van der Waals surface area contributed by atoms with Crippen molar-refractivity contribution in [2.75, 3.05) is 7.05 Å². The first-order chi connectivity index (χ1) is 9.40. The zero-order chi connectivity index (χ0) is 14.8. The Bertz CT molecular complexity index is 546. The number of nitrogens with zero attached hydrogens (tertiary/aromatic N) is 2. The topological polar surface area (TPSA) is 29.9 Å². The average molecular weight is 271 g/mol. The largest absolute Gasteiger partial charge is 0.311 e. The molecule has 1 aromatic carbocycles. The van der Waals surface area contributed by atoms with Crippen molar-refractivity contribution < 1.29 is 0 Å². The molecular weight excluding hydrogens is 246 g/mol. The number of aryl methyl sites for hydroxylation is 1. The normalized spacial score (nSPS) is 13.4. The highest BCUT2D eigenvalue weighted by molar-refractivity contribution is 5.29. The van der Waals surface area contributed by atoms with Crippen LogP contribution in [0.4, 0.5) is 0 Å². The van der Waals surface area contributed by atoms with Crippen molar-refractivity contribution >= 4 is 0 Å². The van der Waals surface area contributed by atoms with Crippen molar-refractivity contribution in [2.45, 2.75) is 45.7 Å². The number of likely N-dealkylation sites (N-methyl/N-ethyl adjacent to an activating group) is 1. The van der Waals surface area contributed by atoms with E-state index in [0.29, 0.717) is 0 Å². The first-order valence-electron chi connectivity index (χ1n) is 7.18. The summed E-state index contributed by atoms with van der Waals surface area (Å²) in [7, 11) is 2.00. The second-order valence-electron chi connectivity index (χ2n) is 6.39. The third-order valence-corrected chi connectivity index (χ3v) is 3.67. The van der Waals surface area contributed by atoms with Crippen molar-refractivity contribution in [3.05, 3.63) is 53.3 Å². The lowest BCUT2D eigenvalue weighted by Gasteiger charge is -2.21. The lowest BCUT2D eigenvalue weighted by Crippen LogP contribution is -2.22. The molecule has 1 N–H and O–H groups in total. The molecule has 0 spiro atoms. The van der Waals surface area contributed by atoms with Gasteiger partial charge in [0.05, 0.1) is 18.3 Å². The van der Waals surface area contributed by atoms with Gasteiger partial charge in [-0.2, -0.15) is 5.10 Å².